The van der Waals surface area contributed by atoms with Crippen molar-refractivity contribution in [3.63, 3.8) is 0 Å². The maximum atomic E-state index is 12.4. The fourth-order valence-corrected chi connectivity index (χ4v) is 2.52. The van der Waals surface area contributed by atoms with Crippen molar-refractivity contribution < 1.29 is 4.79 Å². The highest BCUT2D eigenvalue weighted by Gasteiger charge is 2.21. The maximum absolute atomic E-state index is 12.4. The van der Waals surface area contributed by atoms with E-state index in [0.29, 0.717) is 5.82 Å². The minimum atomic E-state index is -0.276. The summed E-state index contributed by atoms with van der Waals surface area (Å²) in [5, 5.41) is 10.2. The van der Waals surface area contributed by atoms with Crippen molar-refractivity contribution in [2.24, 2.45) is 5.92 Å². The van der Waals surface area contributed by atoms with Gasteiger partial charge in [0, 0.05) is 25.0 Å². The van der Waals surface area contributed by atoms with Crippen LogP contribution in [0.1, 0.15) is 31.1 Å². The first kappa shape index (κ1) is 18.9. The summed E-state index contributed by atoms with van der Waals surface area (Å²) in [6, 6.07) is 5.27. The van der Waals surface area contributed by atoms with E-state index in [2.05, 4.69) is 39.5 Å². The smallest absolute Gasteiger partial charge is 0.320 e. The monoisotopic (exact) mass is 344 g/mol. The second kappa shape index (κ2) is 8.62. The number of carbonyl (C=O) groups is 1. The molecule has 136 valence electrons. The molecule has 0 radical (unpaired) electrons. The first-order valence-corrected chi connectivity index (χ1v) is 8.54. The molecule has 1 unspecified atom stereocenters. The fourth-order valence-electron chi connectivity index (χ4n) is 2.52. The van der Waals surface area contributed by atoms with Crippen LogP contribution >= 0.6 is 0 Å². The van der Waals surface area contributed by atoms with Crippen LogP contribution in [0.15, 0.2) is 30.6 Å². The zero-order valence-corrected chi connectivity index (χ0v) is 15.7. The van der Waals surface area contributed by atoms with E-state index in [4.69, 9.17) is 0 Å². The predicted molar refractivity (Wildman–Crippen MR) is 99.5 cm³/mol. The van der Waals surface area contributed by atoms with Crippen LogP contribution in [0, 0.1) is 12.8 Å². The molecule has 0 saturated heterocycles. The zero-order chi connectivity index (χ0) is 18.4. The lowest BCUT2D eigenvalue weighted by molar-refractivity contribution is 0.244. The highest BCUT2D eigenvalue weighted by atomic mass is 16.2. The molecule has 2 amide bonds. The normalized spacial score (nSPS) is 12.4. The molecule has 7 nitrogen and oxygen atoms in total. The van der Waals surface area contributed by atoms with Crippen molar-refractivity contribution in [2.45, 2.75) is 33.4 Å². The number of hydrogen-bond acceptors (Lipinski definition) is 4. The number of aryl methyl sites for hydroxylation is 1. The van der Waals surface area contributed by atoms with E-state index >= 15 is 0 Å². The number of aromatic nitrogens is 3. The summed E-state index contributed by atoms with van der Waals surface area (Å²) in [7, 11) is 4.03. The molecule has 2 aromatic heterocycles. The third-order valence-electron chi connectivity index (χ3n) is 3.96. The van der Waals surface area contributed by atoms with E-state index in [-0.39, 0.29) is 18.0 Å². The number of nitrogens with zero attached hydrogens (tertiary/aromatic N) is 4. The van der Waals surface area contributed by atoms with Gasteiger partial charge >= 0.3 is 6.03 Å². The Balaban J connectivity index is 1.99. The summed E-state index contributed by atoms with van der Waals surface area (Å²) in [6.07, 6.45) is 3.62. The van der Waals surface area contributed by atoms with Gasteiger partial charge in [0.15, 0.2) is 5.82 Å². The molecule has 0 spiro atoms. The average molecular weight is 344 g/mol. The molecule has 2 heterocycles. The van der Waals surface area contributed by atoms with Crippen LogP contribution < -0.4 is 10.6 Å². The molecule has 0 aliphatic heterocycles. The van der Waals surface area contributed by atoms with Gasteiger partial charge in [-0.25, -0.2) is 4.79 Å². The average Bonchev–Trinajstić information content (AvgIpc) is 2.98. The van der Waals surface area contributed by atoms with Gasteiger partial charge < -0.3 is 10.2 Å². The van der Waals surface area contributed by atoms with Gasteiger partial charge in [0.05, 0.1) is 18.3 Å². The Morgan fingerprint density at radius 2 is 2.08 bits per heavy atom. The minimum absolute atomic E-state index is 0.156. The van der Waals surface area contributed by atoms with Crippen molar-refractivity contribution in [3.8, 4) is 0 Å². The lowest BCUT2D eigenvalue weighted by Crippen LogP contribution is -2.36. The molecule has 0 saturated carbocycles. The van der Waals surface area contributed by atoms with E-state index in [1.54, 1.807) is 12.3 Å². The topological polar surface area (TPSA) is 75.1 Å². The number of anilines is 1. The zero-order valence-electron chi connectivity index (χ0n) is 15.7. The molecule has 2 N–H and O–H groups in total. The molecule has 2 aromatic rings. The second-order valence-electron chi connectivity index (χ2n) is 6.79. The van der Waals surface area contributed by atoms with Gasteiger partial charge in [-0.15, -0.1) is 0 Å². The van der Waals surface area contributed by atoms with Crippen molar-refractivity contribution in [1.29, 1.82) is 0 Å². The van der Waals surface area contributed by atoms with Gasteiger partial charge in [0.25, 0.3) is 0 Å². The number of amides is 2. The van der Waals surface area contributed by atoms with Gasteiger partial charge in [0.1, 0.15) is 0 Å². The Morgan fingerprint density at radius 3 is 2.72 bits per heavy atom. The molecule has 0 bridgehead atoms. The van der Waals surface area contributed by atoms with Gasteiger partial charge in [-0.05, 0) is 38.6 Å². The summed E-state index contributed by atoms with van der Waals surface area (Å²) in [6.45, 7) is 7.80. The quantitative estimate of drug-likeness (QED) is 0.810. The maximum Gasteiger partial charge on any atom is 0.320 e. The van der Waals surface area contributed by atoms with E-state index in [0.717, 1.165) is 24.3 Å². The van der Waals surface area contributed by atoms with Crippen LogP contribution in [-0.2, 0) is 6.54 Å². The number of nitrogens with one attached hydrogen (secondary N) is 2. The Bertz CT molecular complexity index is 694. The Labute approximate surface area is 149 Å². The Kier molecular flexibility index (Phi) is 6.52. The van der Waals surface area contributed by atoms with E-state index in [1.807, 2.05) is 44.0 Å². The third-order valence-corrected chi connectivity index (χ3v) is 3.96. The van der Waals surface area contributed by atoms with Crippen molar-refractivity contribution >= 4 is 11.8 Å². The number of pyridine rings is 1. The molecular weight excluding hydrogens is 316 g/mol. The summed E-state index contributed by atoms with van der Waals surface area (Å²) in [4.78, 5) is 18.9. The lowest BCUT2D eigenvalue weighted by Gasteiger charge is -2.23. The molecule has 0 aliphatic rings. The highest BCUT2D eigenvalue weighted by molar-refractivity contribution is 5.88. The van der Waals surface area contributed by atoms with Crippen molar-refractivity contribution in [2.75, 3.05) is 26.0 Å². The van der Waals surface area contributed by atoms with Gasteiger partial charge in [-0.2, -0.15) is 5.10 Å². The van der Waals surface area contributed by atoms with Crippen LogP contribution in [0.2, 0.25) is 0 Å². The predicted octanol–water partition coefficient (Wildman–Crippen LogP) is 2.67. The third kappa shape index (κ3) is 5.56. The SMILES string of the molecule is Cc1cccnc1C(NC(=O)Nc1ccn(CCN(C)C)n1)C(C)C. The van der Waals surface area contributed by atoms with Crippen LogP contribution in [0.4, 0.5) is 10.6 Å². The first-order chi connectivity index (χ1) is 11.9. The Morgan fingerprint density at radius 1 is 1.32 bits per heavy atom. The largest absolute Gasteiger partial charge is 0.329 e. The van der Waals surface area contributed by atoms with Gasteiger partial charge in [-0.1, -0.05) is 19.9 Å². The second-order valence-corrected chi connectivity index (χ2v) is 6.79. The first-order valence-electron chi connectivity index (χ1n) is 8.54. The number of rotatable bonds is 7. The summed E-state index contributed by atoms with van der Waals surface area (Å²) >= 11 is 0. The molecule has 25 heavy (non-hydrogen) atoms. The van der Waals surface area contributed by atoms with Gasteiger partial charge in [-0.3, -0.25) is 15.0 Å². The lowest BCUT2D eigenvalue weighted by atomic mass is 9.97. The standard InChI is InChI=1S/C18H28N6O/c1-13(2)16(17-14(3)7-6-9-19-17)21-18(25)20-15-8-10-24(22-15)12-11-23(4)5/h6-10,13,16H,11-12H2,1-5H3,(H2,20,21,22,25). The molecule has 0 aliphatic carbocycles. The van der Waals surface area contributed by atoms with Gasteiger partial charge in [0.2, 0.25) is 0 Å². The van der Waals surface area contributed by atoms with E-state index in [1.165, 1.54) is 0 Å². The minimum Gasteiger partial charge on any atom is -0.329 e. The van der Waals surface area contributed by atoms with E-state index in [9.17, 15) is 4.79 Å². The molecule has 0 fully saturated rings. The van der Waals surface area contributed by atoms with Crippen LogP contribution in [0.3, 0.4) is 0 Å². The fraction of sp³-hybridized carbons (Fsp3) is 0.500. The van der Waals surface area contributed by atoms with Crippen LogP contribution in [0.25, 0.3) is 0 Å². The highest BCUT2D eigenvalue weighted by Crippen LogP contribution is 2.22. The number of urea groups is 1. The number of hydrogen-bond donors (Lipinski definition) is 2. The number of likely N-dealkylation sites (N-methyl/N-ethyl adjacent to an activating group) is 1. The van der Waals surface area contributed by atoms with Crippen molar-refractivity contribution in [1.82, 2.24) is 25.0 Å². The summed E-state index contributed by atoms with van der Waals surface area (Å²) < 4.78 is 1.82. The Hall–Kier alpha value is -2.41. The van der Waals surface area contributed by atoms with Crippen LogP contribution in [-0.4, -0.2) is 46.3 Å². The summed E-state index contributed by atoms with van der Waals surface area (Å²) in [5.41, 5.74) is 1.96. The van der Waals surface area contributed by atoms with E-state index < -0.39 is 0 Å². The summed E-state index contributed by atoms with van der Waals surface area (Å²) in [5.74, 6) is 0.758. The molecule has 1 atom stereocenters. The molecule has 2 rings (SSSR count). The molecule has 0 aromatic carbocycles. The molecular formula is C18H28N6O. The molecule has 7 heteroatoms. The number of carbonyl (C=O) groups excluding carboxylic acids is 1. The van der Waals surface area contributed by atoms with Crippen LogP contribution in [0.5, 0.6) is 0 Å². The van der Waals surface area contributed by atoms with Crippen molar-refractivity contribution in [3.05, 3.63) is 41.9 Å².